The molecular formula is C13H23N3O2. The van der Waals surface area contributed by atoms with Crippen molar-refractivity contribution in [2.24, 2.45) is 0 Å². The molecule has 0 aliphatic carbocycles. The minimum Gasteiger partial charge on any atom is -0.384 e. The Bertz CT molecular complexity index is 326. The van der Waals surface area contributed by atoms with Gasteiger partial charge in [0.2, 0.25) is 0 Å². The Balaban J connectivity index is 2.72. The van der Waals surface area contributed by atoms with Gasteiger partial charge in [-0.3, -0.25) is 4.98 Å². The highest BCUT2D eigenvalue weighted by atomic mass is 16.5. The van der Waals surface area contributed by atoms with E-state index in [0.29, 0.717) is 13.2 Å². The Morgan fingerprint density at radius 2 is 1.83 bits per heavy atom. The molecule has 0 spiro atoms. The van der Waals surface area contributed by atoms with Gasteiger partial charge in [0.25, 0.3) is 0 Å². The zero-order valence-corrected chi connectivity index (χ0v) is 11.5. The topological polar surface area (TPSA) is 46.6 Å². The van der Waals surface area contributed by atoms with E-state index < -0.39 is 0 Å². The van der Waals surface area contributed by atoms with E-state index in [4.69, 9.17) is 9.47 Å². The van der Waals surface area contributed by atoms with Crippen LogP contribution in [0.4, 0.5) is 11.4 Å². The summed E-state index contributed by atoms with van der Waals surface area (Å²) in [7, 11) is 3.42. The third kappa shape index (κ3) is 4.89. The number of hydrogen-bond donors (Lipinski definition) is 1. The van der Waals surface area contributed by atoms with E-state index >= 15 is 0 Å². The van der Waals surface area contributed by atoms with Crippen LogP contribution in [0.1, 0.15) is 6.92 Å². The van der Waals surface area contributed by atoms with Crippen LogP contribution in [0.5, 0.6) is 0 Å². The first-order valence-electron chi connectivity index (χ1n) is 6.23. The molecule has 0 bridgehead atoms. The highest BCUT2D eigenvalue weighted by Crippen LogP contribution is 2.17. The van der Waals surface area contributed by atoms with Gasteiger partial charge in [-0.15, -0.1) is 0 Å². The zero-order valence-electron chi connectivity index (χ0n) is 11.5. The smallest absolute Gasteiger partial charge is 0.0637 e. The van der Waals surface area contributed by atoms with Gasteiger partial charge in [0.1, 0.15) is 0 Å². The standard InChI is InChI=1S/C13H23N3O2/c1-4-15-12-9-13(11-14-10-12)16(5-7-17-2)6-8-18-3/h9-11,15H,4-8H2,1-3H3. The lowest BCUT2D eigenvalue weighted by Gasteiger charge is -2.24. The first-order chi connectivity index (χ1) is 8.81. The lowest BCUT2D eigenvalue weighted by atomic mass is 10.3. The molecule has 0 amide bonds. The summed E-state index contributed by atoms with van der Waals surface area (Å²) in [5.74, 6) is 0. The van der Waals surface area contributed by atoms with Crippen molar-refractivity contribution < 1.29 is 9.47 Å². The van der Waals surface area contributed by atoms with E-state index in [2.05, 4.69) is 28.2 Å². The average molecular weight is 253 g/mol. The number of aromatic nitrogens is 1. The average Bonchev–Trinajstić information content (AvgIpc) is 2.40. The summed E-state index contributed by atoms with van der Waals surface area (Å²) in [5, 5.41) is 3.26. The number of hydrogen-bond acceptors (Lipinski definition) is 5. The Morgan fingerprint density at radius 3 is 2.39 bits per heavy atom. The van der Waals surface area contributed by atoms with Crippen molar-refractivity contribution in [1.29, 1.82) is 0 Å². The minimum absolute atomic E-state index is 0.690. The van der Waals surface area contributed by atoms with Crippen LogP contribution in [0.15, 0.2) is 18.5 Å². The summed E-state index contributed by atoms with van der Waals surface area (Å²) in [6, 6.07) is 2.10. The van der Waals surface area contributed by atoms with Crippen molar-refractivity contribution in [1.82, 2.24) is 4.98 Å². The lowest BCUT2D eigenvalue weighted by Crippen LogP contribution is -2.30. The maximum Gasteiger partial charge on any atom is 0.0637 e. The summed E-state index contributed by atoms with van der Waals surface area (Å²) in [6.45, 7) is 6.00. The molecule has 0 fully saturated rings. The van der Waals surface area contributed by atoms with Gasteiger partial charge in [-0.05, 0) is 13.0 Å². The maximum atomic E-state index is 5.13. The molecule has 0 unspecified atom stereocenters. The molecule has 0 aliphatic rings. The van der Waals surface area contributed by atoms with Crippen molar-refractivity contribution in [3.8, 4) is 0 Å². The number of pyridine rings is 1. The van der Waals surface area contributed by atoms with Gasteiger partial charge in [-0.1, -0.05) is 0 Å². The van der Waals surface area contributed by atoms with Gasteiger partial charge >= 0.3 is 0 Å². The molecule has 0 saturated carbocycles. The van der Waals surface area contributed by atoms with Crippen LogP contribution in [0.3, 0.4) is 0 Å². The summed E-state index contributed by atoms with van der Waals surface area (Å²) in [6.07, 6.45) is 3.70. The van der Waals surface area contributed by atoms with E-state index in [1.165, 1.54) is 0 Å². The number of methoxy groups -OCH3 is 2. The molecule has 0 radical (unpaired) electrons. The molecule has 0 aromatic carbocycles. The predicted molar refractivity (Wildman–Crippen MR) is 74.4 cm³/mol. The normalized spacial score (nSPS) is 10.4. The fraction of sp³-hybridized carbons (Fsp3) is 0.615. The first-order valence-corrected chi connectivity index (χ1v) is 6.23. The van der Waals surface area contributed by atoms with E-state index in [1.807, 2.05) is 12.4 Å². The van der Waals surface area contributed by atoms with Crippen molar-refractivity contribution in [2.75, 3.05) is 57.3 Å². The second kappa shape index (κ2) is 8.72. The second-order valence-electron chi connectivity index (χ2n) is 3.93. The summed E-state index contributed by atoms with van der Waals surface area (Å²) in [4.78, 5) is 6.46. The summed E-state index contributed by atoms with van der Waals surface area (Å²) in [5.41, 5.74) is 2.12. The molecule has 1 aromatic rings. The monoisotopic (exact) mass is 253 g/mol. The highest BCUT2D eigenvalue weighted by Gasteiger charge is 2.07. The van der Waals surface area contributed by atoms with Crippen LogP contribution in [-0.4, -0.2) is 52.1 Å². The second-order valence-corrected chi connectivity index (χ2v) is 3.93. The molecule has 102 valence electrons. The Morgan fingerprint density at radius 1 is 1.17 bits per heavy atom. The molecule has 0 atom stereocenters. The molecule has 1 aromatic heterocycles. The van der Waals surface area contributed by atoms with Crippen LogP contribution >= 0.6 is 0 Å². The van der Waals surface area contributed by atoms with Gasteiger partial charge < -0.3 is 19.7 Å². The van der Waals surface area contributed by atoms with Gasteiger partial charge in [-0.25, -0.2) is 0 Å². The predicted octanol–water partition coefficient (Wildman–Crippen LogP) is 1.61. The third-order valence-corrected chi connectivity index (χ3v) is 2.60. The van der Waals surface area contributed by atoms with E-state index in [0.717, 1.165) is 31.0 Å². The van der Waals surface area contributed by atoms with Crippen LogP contribution < -0.4 is 10.2 Å². The van der Waals surface area contributed by atoms with E-state index in [9.17, 15) is 0 Å². The Labute approximate surface area is 109 Å². The Kier molecular flexibility index (Phi) is 7.13. The molecular weight excluding hydrogens is 230 g/mol. The molecule has 0 aliphatic heterocycles. The SMILES string of the molecule is CCNc1cncc(N(CCOC)CCOC)c1. The van der Waals surface area contributed by atoms with Crippen LogP contribution in [0, 0.1) is 0 Å². The molecule has 5 nitrogen and oxygen atoms in total. The number of ether oxygens (including phenoxy) is 2. The van der Waals surface area contributed by atoms with E-state index in [1.54, 1.807) is 14.2 Å². The van der Waals surface area contributed by atoms with Crippen molar-refractivity contribution >= 4 is 11.4 Å². The largest absolute Gasteiger partial charge is 0.384 e. The molecule has 1 N–H and O–H groups in total. The number of rotatable bonds is 9. The molecule has 1 heterocycles. The van der Waals surface area contributed by atoms with E-state index in [-0.39, 0.29) is 0 Å². The molecule has 0 saturated heterocycles. The van der Waals surface area contributed by atoms with Gasteiger partial charge in [0.05, 0.1) is 37.0 Å². The van der Waals surface area contributed by atoms with Crippen molar-refractivity contribution in [2.45, 2.75) is 6.92 Å². The quantitative estimate of drug-likeness (QED) is 0.724. The van der Waals surface area contributed by atoms with Gasteiger partial charge in [0, 0.05) is 33.9 Å². The summed E-state index contributed by atoms with van der Waals surface area (Å²) >= 11 is 0. The maximum absolute atomic E-state index is 5.13. The van der Waals surface area contributed by atoms with Crippen LogP contribution in [0.2, 0.25) is 0 Å². The van der Waals surface area contributed by atoms with Gasteiger partial charge in [0.15, 0.2) is 0 Å². The third-order valence-electron chi connectivity index (χ3n) is 2.60. The number of nitrogens with zero attached hydrogens (tertiary/aromatic N) is 2. The molecule has 1 rings (SSSR count). The van der Waals surface area contributed by atoms with Crippen molar-refractivity contribution in [3.05, 3.63) is 18.5 Å². The first kappa shape index (κ1) is 14.7. The number of anilines is 2. The summed E-state index contributed by atoms with van der Waals surface area (Å²) < 4.78 is 10.3. The zero-order chi connectivity index (χ0) is 13.2. The highest BCUT2D eigenvalue weighted by molar-refractivity contribution is 5.55. The number of nitrogens with one attached hydrogen (secondary N) is 1. The van der Waals surface area contributed by atoms with Crippen LogP contribution in [-0.2, 0) is 9.47 Å². The van der Waals surface area contributed by atoms with Crippen LogP contribution in [0.25, 0.3) is 0 Å². The Hall–Kier alpha value is -1.33. The molecule has 18 heavy (non-hydrogen) atoms. The fourth-order valence-electron chi connectivity index (χ4n) is 1.67. The minimum atomic E-state index is 0.690. The molecule has 5 heteroatoms. The fourth-order valence-corrected chi connectivity index (χ4v) is 1.67. The van der Waals surface area contributed by atoms with Crippen molar-refractivity contribution in [3.63, 3.8) is 0 Å². The van der Waals surface area contributed by atoms with Gasteiger partial charge in [-0.2, -0.15) is 0 Å². The lowest BCUT2D eigenvalue weighted by molar-refractivity contribution is 0.190.